The summed E-state index contributed by atoms with van der Waals surface area (Å²) in [5.74, 6) is 0.768. The van der Waals surface area contributed by atoms with Gasteiger partial charge in [0.25, 0.3) is 0 Å². The normalized spacial score (nSPS) is 15.5. The van der Waals surface area contributed by atoms with Crippen LogP contribution in [0.4, 0.5) is 5.69 Å². The van der Waals surface area contributed by atoms with Gasteiger partial charge >= 0.3 is 0 Å². The lowest BCUT2D eigenvalue weighted by Gasteiger charge is -2.06. The van der Waals surface area contributed by atoms with Crippen LogP contribution < -0.4 is 5.32 Å². The maximum Gasteiger partial charge on any atom is 0.0426 e. The summed E-state index contributed by atoms with van der Waals surface area (Å²) in [6.45, 7) is 0. The largest absolute Gasteiger partial charge is 0.388 e. The Morgan fingerprint density at radius 2 is 2.23 bits per heavy atom. The molecular formula is C11H14N2. The van der Waals surface area contributed by atoms with Gasteiger partial charge in [-0.15, -0.1) is 0 Å². The molecule has 1 fully saturated rings. The highest BCUT2D eigenvalue weighted by molar-refractivity contribution is 5.86. The molecule has 1 saturated carbocycles. The molecule has 0 amide bonds. The second kappa shape index (κ2) is 3.21. The Bertz CT molecular complexity index is 327. The van der Waals surface area contributed by atoms with Gasteiger partial charge in [-0.25, -0.2) is 0 Å². The topological polar surface area (TPSA) is 35.9 Å². The van der Waals surface area contributed by atoms with Crippen LogP contribution in [0.25, 0.3) is 0 Å². The zero-order chi connectivity index (χ0) is 9.26. The van der Waals surface area contributed by atoms with E-state index in [4.69, 9.17) is 5.41 Å². The van der Waals surface area contributed by atoms with Gasteiger partial charge in [-0.1, -0.05) is 6.07 Å². The Labute approximate surface area is 78.5 Å². The van der Waals surface area contributed by atoms with Crippen molar-refractivity contribution in [3.05, 3.63) is 29.3 Å². The van der Waals surface area contributed by atoms with E-state index in [9.17, 15) is 0 Å². The van der Waals surface area contributed by atoms with Gasteiger partial charge in [-0.2, -0.15) is 0 Å². The van der Waals surface area contributed by atoms with Crippen molar-refractivity contribution < 1.29 is 0 Å². The molecule has 0 aromatic heterocycles. The first kappa shape index (κ1) is 8.30. The monoisotopic (exact) mass is 174 g/mol. The molecule has 0 unspecified atom stereocenters. The zero-order valence-electron chi connectivity index (χ0n) is 7.80. The summed E-state index contributed by atoms with van der Waals surface area (Å²) in [5, 5.41) is 10.4. The lowest BCUT2D eigenvalue weighted by Crippen LogP contribution is -1.95. The van der Waals surface area contributed by atoms with E-state index in [1.807, 2.05) is 7.05 Å². The van der Waals surface area contributed by atoms with Crippen LogP contribution in [-0.2, 0) is 0 Å². The number of hydrogen-bond acceptors (Lipinski definition) is 2. The van der Waals surface area contributed by atoms with Crippen molar-refractivity contribution in [3.63, 3.8) is 0 Å². The summed E-state index contributed by atoms with van der Waals surface area (Å²) < 4.78 is 0. The summed E-state index contributed by atoms with van der Waals surface area (Å²) in [4.78, 5) is 0. The minimum Gasteiger partial charge on any atom is -0.388 e. The van der Waals surface area contributed by atoms with Gasteiger partial charge in [0.1, 0.15) is 0 Å². The highest BCUT2D eigenvalue weighted by Gasteiger charge is 2.23. The van der Waals surface area contributed by atoms with Gasteiger partial charge in [-0.3, -0.25) is 0 Å². The summed E-state index contributed by atoms with van der Waals surface area (Å²) in [5.41, 5.74) is 3.42. The average Bonchev–Trinajstić information content (AvgIpc) is 3.00. The minimum absolute atomic E-state index is 0.768. The molecule has 2 rings (SSSR count). The predicted molar refractivity (Wildman–Crippen MR) is 55.8 cm³/mol. The second-order valence-electron chi connectivity index (χ2n) is 3.52. The molecule has 1 aromatic rings. The van der Waals surface area contributed by atoms with Crippen molar-refractivity contribution >= 4 is 11.9 Å². The minimum atomic E-state index is 0.768. The van der Waals surface area contributed by atoms with E-state index in [0.717, 1.165) is 17.2 Å². The van der Waals surface area contributed by atoms with E-state index in [0.29, 0.717) is 0 Å². The molecule has 0 heterocycles. The van der Waals surface area contributed by atoms with Crippen molar-refractivity contribution in [2.24, 2.45) is 0 Å². The Kier molecular flexibility index (Phi) is 2.05. The van der Waals surface area contributed by atoms with Crippen LogP contribution >= 0.6 is 0 Å². The third-order valence-corrected chi connectivity index (χ3v) is 2.55. The van der Waals surface area contributed by atoms with Gasteiger partial charge in [0.2, 0.25) is 0 Å². The number of anilines is 1. The molecular weight excluding hydrogens is 160 g/mol. The van der Waals surface area contributed by atoms with E-state index in [1.54, 1.807) is 0 Å². The molecule has 0 aliphatic heterocycles. The Morgan fingerprint density at radius 1 is 1.46 bits per heavy atom. The third kappa shape index (κ3) is 1.57. The molecule has 2 N–H and O–H groups in total. The molecule has 13 heavy (non-hydrogen) atoms. The van der Waals surface area contributed by atoms with Crippen LogP contribution in [0.5, 0.6) is 0 Å². The number of nitrogens with one attached hydrogen (secondary N) is 2. The van der Waals surface area contributed by atoms with Crippen molar-refractivity contribution in [3.8, 4) is 0 Å². The fraction of sp³-hybridized carbons (Fsp3) is 0.364. The van der Waals surface area contributed by atoms with Crippen molar-refractivity contribution in [2.75, 3.05) is 12.4 Å². The molecule has 0 atom stereocenters. The molecule has 0 bridgehead atoms. The quantitative estimate of drug-likeness (QED) is 0.679. The molecule has 0 spiro atoms. The first-order valence-electron chi connectivity index (χ1n) is 4.67. The fourth-order valence-corrected chi connectivity index (χ4v) is 1.60. The number of rotatable bonds is 3. The Balaban J connectivity index is 2.36. The fourth-order valence-electron chi connectivity index (χ4n) is 1.60. The molecule has 0 radical (unpaired) electrons. The maximum atomic E-state index is 7.28. The Morgan fingerprint density at radius 3 is 2.77 bits per heavy atom. The second-order valence-corrected chi connectivity index (χ2v) is 3.52. The van der Waals surface area contributed by atoms with E-state index >= 15 is 0 Å². The maximum absolute atomic E-state index is 7.28. The summed E-state index contributed by atoms with van der Waals surface area (Å²) >= 11 is 0. The standard InChI is InChI=1S/C11H14N2/c1-13-11-5-4-9(8-2-3-8)6-10(11)7-12/h4-8,12-13H,2-3H2,1H3. The van der Waals surface area contributed by atoms with Gasteiger partial charge in [0.15, 0.2) is 0 Å². The highest BCUT2D eigenvalue weighted by atomic mass is 14.8. The molecule has 68 valence electrons. The smallest absolute Gasteiger partial charge is 0.0426 e. The lowest BCUT2D eigenvalue weighted by molar-refractivity contribution is 1.13. The SMILES string of the molecule is CNc1ccc(C2CC2)cc1C=N. The summed E-state index contributed by atoms with van der Waals surface area (Å²) in [6, 6.07) is 6.35. The van der Waals surface area contributed by atoms with E-state index in [2.05, 4.69) is 23.5 Å². The molecule has 1 aliphatic rings. The summed E-state index contributed by atoms with van der Waals surface area (Å²) in [6.07, 6.45) is 4.05. The highest BCUT2D eigenvalue weighted by Crippen LogP contribution is 2.40. The first-order chi connectivity index (χ1) is 6.35. The molecule has 1 aromatic carbocycles. The van der Waals surface area contributed by atoms with Gasteiger partial charge in [0.05, 0.1) is 0 Å². The van der Waals surface area contributed by atoms with E-state index < -0.39 is 0 Å². The lowest BCUT2D eigenvalue weighted by atomic mass is 10.1. The number of hydrogen-bond donors (Lipinski definition) is 2. The van der Waals surface area contributed by atoms with Crippen molar-refractivity contribution in [1.29, 1.82) is 5.41 Å². The van der Waals surface area contributed by atoms with E-state index in [1.165, 1.54) is 24.6 Å². The first-order valence-corrected chi connectivity index (χ1v) is 4.67. The zero-order valence-corrected chi connectivity index (χ0v) is 7.80. The summed E-state index contributed by atoms with van der Waals surface area (Å²) in [7, 11) is 1.89. The molecule has 2 heteroatoms. The van der Waals surface area contributed by atoms with Gasteiger partial charge < -0.3 is 10.7 Å². The average molecular weight is 174 g/mol. The Hall–Kier alpha value is -1.31. The molecule has 0 saturated heterocycles. The van der Waals surface area contributed by atoms with Crippen LogP contribution in [0.1, 0.15) is 29.9 Å². The van der Waals surface area contributed by atoms with Crippen LogP contribution in [0.2, 0.25) is 0 Å². The predicted octanol–water partition coefficient (Wildman–Crippen LogP) is 2.60. The van der Waals surface area contributed by atoms with Gasteiger partial charge in [0, 0.05) is 24.5 Å². The van der Waals surface area contributed by atoms with Crippen molar-refractivity contribution in [2.45, 2.75) is 18.8 Å². The third-order valence-electron chi connectivity index (χ3n) is 2.55. The van der Waals surface area contributed by atoms with Crippen LogP contribution in [0, 0.1) is 5.41 Å². The molecule has 1 aliphatic carbocycles. The van der Waals surface area contributed by atoms with Crippen LogP contribution in [-0.4, -0.2) is 13.3 Å². The van der Waals surface area contributed by atoms with E-state index in [-0.39, 0.29) is 0 Å². The number of benzene rings is 1. The van der Waals surface area contributed by atoms with Crippen LogP contribution in [0.15, 0.2) is 18.2 Å². The van der Waals surface area contributed by atoms with Crippen LogP contribution in [0.3, 0.4) is 0 Å². The molecule has 2 nitrogen and oxygen atoms in total. The van der Waals surface area contributed by atoms with Crippen molar-refractivity contribution in [1.82, 2.24) is 0 Å². The van der Waals surface area contributed by atoms with Gasteiger partial charge in [-0.05, 0) is 36.5 Å².